The van der Waals surface area contributed by atoms with Crippen molar-refractivity contribution in [1.29, 1.82) is 0 Å². The van der Waals surface area contributed by atoms with Crippen molar-refractivity contribution in [2.24, 2.45) is 0 Å². The lowest BCUT2D eigenvalue weighted by molar-refractivity contribution is 0.651. The van der Waals surface area contributed by atoms with E-state index >= 15 is 0 Å². The molecule has 0 fully saturated rings. The average Bonchev–Trinajstić information content (AvgIpc) is 3.65. The minimum absolute atomic E-state index is 0.523. The minimum Gasteiger partial charge on any atom is -0.434 e. The van der Waals surface area contributed by atoms with Crippen molar-refractivity contribution in [3.8, 4) is 78.9 Å². The maximum atomic E-state index is 6.07. The molecular weight excluding hydrogens is 677 g/mol. The highest BCUT2D eigenvalue weighted by Crippen LogP contribution is 2.33. The summed E-state index contributed by atoms with van der Waals surface area (Å²) in [6, 6.07) is 57.6. The number of rotatable bonds is 7. The molecule has 258 valence electrons. The number of furan rings is 1. The Balaban J connectivity index is 0.986. The van der Waals surface area contributed by atoms with E-state index < -0.39 is 0 Å². The number of nitrogens with zero attached hydrogens (tertiary/aromatic N) is 6. The number of pyridine rings is 1. The fourth-order valence-electron chi connectivity index (χ4n) is 6.81. The Morgan fingerprint density at radius 1 is 0.309 bits per heavy atom. The summed E-state index contributed by atoms with van der Waals surface area (Å²) in [7, 11) is 0. The highest BCUT2D eigenvalue weighted by Gasteiger charge is 2.16. The van der Waals surface area contributed by atoms with Crippen LogP contribution in [0.2, 0.25) is 0 Å². The first-order chi connectivity index (χ1) is 27.2. The third kappa shape index (κ3) is 6.30. The molecule has 55 heavy (non-hydrogen) atoms. The smallest absolute Gasteiger partial charge is 0.229 e. The molecule has 6 aromatic carbocycles. The van der Waals surface area contributed by atoms with Crippen molar-refractivity contribution < 1.29 is 4.42 Å². The summed E-state index contributed by atoms with van der Waals surface area (Å²) in [5.41, 5.74) is 12.0. The van der Waals surface area contributed by atoms with E-state index in [1.165, 1.54) is 0 Å². The molecule has 0 saturated heterocycles. The Morgan fingerprint density at radius 3 is 1.33 bits per heavy atom. The summed E-state index contributed by atoms with van der Waals surface area (Å²) < 4.78 is 6.07. The molecule has 0 spiro atoms. The van der Waals surface area contributed by atoms with Crippen LogP contribution in [-0.2, 0) is 0 Å². The van der Waals surface area contributed by atoms with Gasteiger partial charge in [-0.05, 0) is 39.9 Å². The number of aromatic nitrogens is 6. The fourth-order valence-corrected chi connectivity index (χ4v) is 6.81. The highest BCUT2D eigenvalue weighted by molar-refractivity contribution is 6.02. The Labute approximate surface area is 316 Å². The maximum Gasteiger partial charge on any atom is 0.229 e. The Hall–Kier alpha value is -7.64. The monoisotopic (exact) mass is 706 g/mol. The van der Waals surface area contributed by atoms with Crippen LogP contribution >= 0.6 is 0 Å². The van der Waals surface area contributed by atoms with Gasteiger partial charge in [0.15, 0.2) is 28.9 Å². The van der Waals surface area contributed by atoms with Gasteiger partial charge in [0.2, 0.25) is 5.71 Å². The fraction of sp³-hybridized carbons (Fsp3) is 0. The first kappa shape index (κ1) is 32.0. The molecule has 4 heterocycles. The van der Waals surface area contributed by atoms with Crippen LogP contribution < -0.4 is 0 Å². The zero-order valence-electron chi connectivity index (χ0n) is 29.4. The Morgan fingerprint density at radius 2 is 0.745 bits per heavy atom. The van der Waals surface area contributed by atoms with Crippen molar-refractivity contribution in [2.45, 2.75) is 0 Å². The molecule has 10 rings (SSSR count). The largest absolute Gasteiger partial charge is 0.434 e. The summed E-state index contributed by atoms with van der Waals surface area (Å²) in [6.07, 6.45) is 3.56. The van der Waals surface area contributed by atoms with Gasteiger partial charge in [-0.25, -0.2) is 29.9 Å². The van der Waals surface area contributed by atoms with Crippen molar-refractivity contribution >= 4 is 22.2 Å². The second-order valence-corrected chi connectivity index (χ2v) is 13.2. The third-order valence-electron chi connectivity index (χ3n) is 9.69. The number of benzene rings is 6. The van der Waals surface area contributed by atoms with Gasteiger partial charge in [0.25, 0.3) is 0 Å². The zero-order chi connectivity index (χ0) is 36.6. The standard InChI is InChI=1S/C48H30N6O/c1-4-11-31(12-5-1)33-19-21-36(22-20-33)46-52-45(34-15-8-3-9-16-34)53-47(54-46)37-25-23-35(24-26-37)44-49-30-42-43(51-44)41-28-40(29-50-48(41)55-42)39-18-10-17-38(27-39)32-13-6-2-7-14-32/h1-30H. The normalized spacial score (nSPS) is 11.3. The Kier molecular flexibility index (Phi) is 8.00. The van der Waals surface area contributed by atoms with E-state index in [4.69, 9.17) is 24.4 Å². The van der Waals surface area contributed by atoms with E-state index in [0.29, 0.717) is 40.1 Å². The quantitative estimate of drug-likeness (QED) is 0.163. The van der Waals surface area contributed by atoms with Gasteiger partial charge in [0.1, 0.15) is 5.52 Å². The van der Waals surface area contributed by atoms with Gasteiger partial charge in [0.05, 0.1) is 11.6 Å². The Bertz CT molecular complexity index is 2950. The molecule has 0 aliphatic carbocycles. The molecule has 0 aliphatic rings. The highest BCUT2D eigenvalue weighted by atomic mass is 16.3. The topological polar surface area (TPSA) is 90.5 Å². The van der Waals surface area contributed by atoms with Crippen molar-refractivity contribution in [3.05, 3.63) is 182 Å². The van der Waals surface area contributed by atoms with Gasteiger partial charge in [-0.2, -0.15) is 0 Å². The predicted octanol–water partition coefficient (Wildman–Crippen LogP) is 11.6. The molecule has 0 atom stereocenters. The van der Waals surface area contributed by atoms with E-state index in [9.17, 15) is 0 Å². The molecule has 0 unspecified atom stereocenters. The van der Waals surface area contributed by atoms with E-state index in [1.807, 2.05) is 85.1 Å². The van der Waals surface area contributed by atoms with Gasteiger partial charge in [-0.3, -0.25) is 0 Å². The molecule has 0 aliphatic heterocycles. The van der Waals surface area contributed by atoms with Crippen LogP contribution in [0.3, 0.4) is 0 Å². The lowest BCUT2D eigenvalue weighted by atomic mass is 9.99. The molecule has 10 aromatic rings. The molecule has 0 saturated carbocycles. The molecule has 7 nitrogen and oxygen atoms in total. The summed E-state index contributed by atoms with van der Waals surface area (Å²) in [6.45, 7) is 0. The van der Waals surface area contributed by atoms with Crippen molar-refractivity contribution in [2.75, 3.05) is 0 Å². The maximum absolute atomic E-state index is 6.07. The molecule has 0 N–H and O–H groups in total. The second-order valence-electron chi connectivity index (χ2n) is 13.2. The molecule has 7 heteroatoms. The van der Waals surface area contributed by atoms with Gasteiger partial charge in [-0.15, -0.1) is 0 Å². The van der Waals surface area contributed by atoms with Gasteiger partial charge in [0, 0.05) is 34.0 Å². The van der Waals surface area contributed by atoms with Crippen LogP contribution in [0.15, 0.2) is 187 Å². The lowest BCUT2D eigenvalue weighted by Crippen LogP contribution is -2.00. The lowest BCUT2D eigenvalue weighted by Gasteiger charge is -2.09. The average molecular weight is 707 g/mol. The van der Waals surface area contributed by atoms with Crippen molar-refractivity contribution in [1.82, 2.24) is 29.9 Å². The zero-order valence-corrected chi connectivity index (χ0v) is 29.4. The number of fused-ring (bicyclic) bond motifs is 3. The van der Waals surface area contributed by atoms with Crippen molar-refractivity contribution in [3.63, 3.8) is 0 Å². The summed E-state index contributed by atoms with van der Waals surface area (Å²) in [5.74, 6) is 2.37. The summed E-state index contributed by atoms with van der Waals surface area (Å²) in [5, 5.41) is 0.834. The van der Waals surface area contributed by atoms with E-state index in [1.54, 1.807) is 6.20 Å². The summed E-state index contributed by atoms with van der Waals surface area (Å²) in [4.78, 5) is 29.1. The predicted molar refractivity (Wildman–Crippen MR) is 219 cm³/mol. The van der Waals surface area contributed by atoms with E-state index in [2.05, 4.69) is 101 Å². The van der Waals surface area contributed by atoms with Crippen LogP contribution in [-0.4, -0.2) is 29.9 Å². The minimum atomic E-state index is 0.523. The first-order valence-electron chi connectivity index (χ1n) is 18.0. The van der Waals surface area contributed by atoms with E-state index in [0.717, 1.165) is 61.0 Å². The number of hydrogen-bond donors (Lipinski definition) is 0. The molecule has 4 aromatic heterocycles. The SMILES string of the molecule is c1ccc(-c2ccc(-c3nc(-c4ccccc4)nc(-c4ccc(-c5ncc6oc7ncc(-c8cccc(-c9ccccc9)c8)cc7c6n5)cc4)n3)cc2)cc1. The van der Waals surface area contributed by atoms with Gasteiger partial charge < -0.3 is 4.42 Å². The van der Waals surface area contributed by atoms with E-state index in [-0.39, 0.29) is 0 Å². The van der Waals surface area contributed by atoms with Crippen LogP contribution in [0.5, 0.6) is 0 Å². The van der Waals surface area contributed by atoms with Crippen LogP contribution in [0.1, 0.15) is 0 Å². The first-order valence-corrected chi connectivity index (χ1v) is 18.0. The molecule has 0 bridgehead atoms. The molecular formula is C48H30N6O. The van der Waals surface area contributed by atoms with Gasteiger partial charge >= 0.3 is 0 Å². The van der Waals surface area contributed by atoms with Crippen LogP contribution in [0.25, 0.3) is 101 Å². The van der Waals surface area contributed by atoms with Crippen LogP contribution in [0, 0.1) is 0 Å². The molecule has 0 amide bonds. The van der Waals surface area contributed by atoms with Crippen LogP contribution in [0.4, 0.5) is 0 Å². The summed E-state index contributed by atoms with van der Waals surface area (Å²) >= 11 is 0. The third-order valence-corrected chi connectivity index (χ3v) is 9.69. The molecule has 0 radical (unpaired) electrons. The van der Waals surface area contributed by atoms with Gasteiger partial charge in [-0.1, -0.05) is 158 Å². The second kappa shape index (κ2) is 13.7. The number of hydrogen-bond acceptors (Lipinski definition) is 7.